The number of rotatable bonds is 4. The minimum atomic E-state index is -0.670. The van der Waals surface area contributed by atoms with Gasteiger partial charge in [-0.1, -0.05) is 18.2 Å². The van der Waals surface area contributed by atoms with Crippen molar-refractivity contribution in [3.05, 3.63) is 68.7 Å². The van der Waals surface area contributed by atoms with Crippen LogP contribution in [0.1, 0.15) is 18.5 Å². The Hall–Kier alpha value is -2.70. The third-order valence-electron chi connectivity index (χ3n) is 2.96. The first-order valence-electron chi connectivity index (χ1n) is 6.31. The van der Waals surface area contributed by atoms with E-state index in [-0.39, 0.29) is 6.54 Å². The van der Waals surface area contributed by atoms with E-state index < -0.39 is 29.0 Å². The summed E-state index contributed by atoms with van der Waals surface area (Å²) in [5.41, 5.74) is -0.841. The molecule has 0 aliphatic carbocycles. The topological polar surface area (TPSA) is 84.0 Å². The monoisotopic (exact) mass is 291 g/mol. The zero-order valence-electron chi connectivity index (χ0n) is 11.3. The molecule has 2 N–H and O–H groups in total. The molecule has 1 atom stereocenters. The molecule has 1 aromatic heterocycles. The number of amides is 1. The van der Waals surface area contributed by atoms with Gasteiger partial charge in [0.25, 0.3) is 5.56 Å². The molecule has 0 radical (unpaired) electrons. The molecule has 2 aromatic rings. The summed E-state index contributed by atoms with van der Waals surface area (Å²) in [4.78, 5) is 36.3. The highest BCUT2D eigenvalue weighted by Crippen LogP contribution is 2.15. The number of nitrogens with zero attached hydrogens (tertiary/aromatic N) is 1. The van der Waals surface area contributed by atoms with Crippen LogP contribution in [0.3, 0.4) is 0 Å². The van der Waals surface area contributed by atoms with Crippen LogP contribution in [0.4, 0.5) is 4.39 Å². The average molecular weight is 291 g/mol. The van der Waals surface area contributed by atoms with Gasteiger partial charge in [0, 0.05) is 17.8 Å². The Morgan fingerprint density at radius 2 is 2.05 bits per heavy atom. The van der Waals surface area contributed by atoms with Crippen molar-refractivity contribution in [1.82, 2.24) is 14.9 Å². The molecule has 0 fully saturated rings. The van der Waals surface area contributed by atoms with E-state index in [4.69, 9.17) is 0 Å². The highest BCUT2D eigenvalue weighted by molar-refractivity contribution is 5.76. The van der Waals surface area contributed by atoms with Gasteiger partial charge in [0.2, 0.25) is 5.91 Å². The fraction of sp³-hybridized carbons (Fsp3) is 0.214. The smallest absolute Gasteiger partial charge is 0.328 e. The second-order valence-corrected chi connectivity index (χ2v) is 4.55. The molecule has 1 aromatic carbocycles. The number of H-pyrrole nitrogens is 1. The lowest BCUT2D eigenvalue weighted by molar-refractivity contribution is -0.122. The molecule has 1 heterocycles. The zero-order chi connectivity index (χ0) is 15.4. The Balaban J connectivity index is 2.07. The lowest BCUT2D eigenvalue weighted by atomic mass is 10.1. The predicted octanol–water partition coefficient (Wildman–Crippen LogP) is 0.553. The van der Waals surface area contributed by atoms with Gasteiger partial charge in [0.1, 0.15) is 12.4 Å². The Kier molecular flexibility index (Phi) is 4.32. The van der Waals surface area contributed by atoms with Crippen LogP contribution in [0.15, 0.2) is 46.1 Å². The van der Waals surface area contributed by atoms with Crippen LogP contribution in [0, 0.1) is 5.82 Å². The Morgan fingerprint density at radius 1 is 1.33 bits per heavy atom. The average Bonchev–Trinajstić information content (AvgIpc) is 2.42. The van der Waals surface area contributed by atoms with Crippen molar-refractivity contribution >= 4 is 5.91 Å². The Morgan fingerprint density at radius 3 is 2.71 bits per heavy atom. The second kappa shape index (κ2) is 6.17. The van der Waals surface area contributed by atoms with Crippen LogP contribution in [0.25, 0.3) is 0 Å². The normalized spacial score (nSPS) is 11.9. The van der Waals surface area contributed by atoms with Crippen molar-refractivity contribution in [3.8, 4) is 0 Å². The maximum absolute atomic E-state index is 13.6. The molecular formula is C14H14FN3O3. The van der Waals surface area contributed by atoms with E-state index in [1.165, 1.54) is 12.3 Å². The first-order valence-corrected chi connectivity index (χ1v) is 6.31. The molecule has 0 aliphatic rings. The molecule has 110 valence electrons. The molecule has 0 unspecified atom stereocenters. The zero-order valence-corrected chi connectivity index (χ0v) is 11.3. The number of halogens is 1. The van der Waals surface area contributed by atoms with E-state index in [0.29, 0.717) is 5.56 Å². The van der Waals surface area contributed by atoms with Crippen molar-refractivity contribution in [2.75, 3.05) is 0 Å². The van der Waals surface area contributed by atoms with Crippen molar-refractivity contribution in [1.29, 1.82) is 0 Å². The maximum Gasteiger partial charge on any atom is 0.328 e. The van der Waals surface area contributed by atoms with Gasteiger partial charge in [0.15, 0.2) is 0 Å². The number of hydrogen-bond donors (Lipinski definition) is 2. The summed E-state index contributed by atoms with van der Waals surface area (Å²) in [6.07, 6.45) is 1.23. The number of carbonyl (C=O) groups is 1. The van der Waals surface area contributed by atoms with Crippen molar-refractivity contribution in [2.24, 2.45) is 0 Å². The third kappa shape index (κ3) is 3.65. The predicted molar refractivity (Wildman–Crippen MR) is 74.3 cm³/mol. The SMILES string of the molecule is C[C@H](NC(=O)Cn1ccc(=O)[nH]c1=O)c1ccccc1F. The molecule has 0 aliphatic heterocycles. The minimum absolute atomic E-state index is 0.256. The maximum atomic E-state index is 13.6. The van der Waals surface area contributed by atoms with Crippen molar-refractivity contribution < 1.29 is 9.18 Å². The van der Waals surface area contributed by atoms with Crippen LogP contribution in [-0.4, -0.2) is 15.5 Å². The van der Waals surface area contributed by atoms with Crippen LogP contribution < -0.4 is 16.6 Å². The molecule has 21 heavy (non-hydrogen) atoms. The molecular weight excluding hydrogens is 277 g/mol. The quantitative estimate of drug-likeness (QED) is 0.863. The van der Waals surface area contributed by atoms with Crippen molar-refractivity contribution in [2.45, 2.75) is 19.5 Å². The van der Waals surface area contributed by atoms with E-state index in [1.807, 2.05) is 0 Å². The summed E-state index contributed by atoms with van der Waals surface area (Å²) in [6.45, 7) is 1.39. The lowest BCUT2D eigenvalue weighted by Crippen LogP contribution is -2.36. The number of carbonyl (C=O) groups excluding carboxylic acids is 1. The van der Waals surface area contributed by atoms with Gasteiger partial charge in [-0.25, -0.2) is 9.18 Å². The molecule has 0 bridgehead atoms. The fourth-order valence-corrected chi connectivity index (χ4v) is 1.91. The standard InChI is InChI=1S/C14H14FN3O3/c1-9(10-4-2-3-5-11(10)15)16-13(20)8-18-7-6-12(19)17-14(18)21/h2-7,9H,8H2,1H3,(H,16,20)(H,17,19,21)/t9-/m0/s1. The molecule has 0 saturated carbocycles. The molecule has 2 rings (SSSR count). The van der Waals surface area contributed by atoms with Crippen LogP contribution in [0.2, 0.25) is 0 Å². The molecule has 7 heteroatoms. The second-order valence-electron chi connectivity index (χ2n) is 4.55. The molecule has 0 saturated heterocycles. The summed E-state index contributed by atoms with van der Waals surface area (Å²) < 4.78 is 14.6. The first kappa shape index (κ1) is 14.7. The van der Waals surface area contributed by atoms with Gasteiger partial charge in [-0.2, -0.15) is 0 Å². The fourth-order valence-electron chi connectivity index (χ4n) is 1.91. The van der Waals surface area contributed by atoms with E-state index in [9.17, 15) is 18.8 Å². The van der Waals surface area contributed by atoms with Crippen molar-refractivity contribution in [3.63, 3.8) is 0 Å². The van der Waals surface area contributed by atoms with Crippen LogP contribution in [-0.2, 0) is 11.3 Å². The number of hydrogen-bond acceptors (Lipinski definition) is 3. The van der Waals surface area contributed by atoms with Gasteiger partial charge >= 0.3 is 5.69 Å². The number of benzene rings is 1. The molecule has 0 spiro atoms. The highest BCUT2D eigenvalue weighted by atomic mass is 19.1. The van der Waals surface area contributed by atoms with Crippen LogP contribution >= 0.6 is 0 Å². The Bertz CT molecular complexity index is 766. The van der Waals surface area contributed by atoms with Gasteiger partial charge < -0.3 is 5.32 Å². The lowest BCUT2D eigenvalue weighted by Gasteiger charge is -2.15. The summed E-state index contributed by atoms with van der Waals surface area (Å²) >= 11 is 0. The third-order valence-corrected chi connectivity index (χ3v) is 2.96. The number of nitrogens with one attached hydrogen (secondary N) is 2. The Labute approximate surface area is 119 Å². The summed E-state index contributed by atoms with van der Waals surface area (Å²) in [7, 11) is 0. The summed E-state index contributed by atoms with van der Waals surface area (Å²) in [6, 6.07) is 6.74. The van der Waals surface area contributed by atoms with E-state index in [1.54, 1.807) is 25.1 Å². The minimum Gasteiger partial charge on any atom is -0.348 e. The summed E-state index contributed by atoms with van der Waals surface area (Å²) in [5.74, 6) is -0.869. The molecule has 1 amide bonds. The van der Waals surface area contributed by atoms with E-state index in [2.05, 4.69) is 10.3 Å². The highest BCUT2D eigenvalue weighted by Gasteiger charge is 2.13. The van der Waals surface area contributed by atoms with E-state index >= 15 is 0 Å². The largest absolute Gasteiger partial charge is 0.348 e. The summed E-state index contributed by atoms with van der Waals surface area (Å²) in [5, 5.41) is 2.60. The number of aromatic nitrogens is 2. The van der Waals surface area contributed by atoms with Crippen LogP contribution in [0.5, 0.6) is 0 Å². The number of aromatic amines is 1. The van der Waals surface area contributed by atoms with Gasteiger partial charge in [0.05, 0.1) is 6.04 Å². The van der Waals surface area contributed by atoms with E-state index in [0.717, 1.165) is 10.6 Å². The van der Waals surface area contributed by atoms with Gasteiger partial charge in [-0.3, -0.25) is 19.1 Å². The van der Waals surface area contributed by atoms with Gasteiger partial charge in [-0.15, -0.1) is 0 Å². The van der Waals surface area contributed by atoms with Gasteiger partial charge in [-0.05, 0) is 13.0 Å². The molecule has 6 nitrogen and oxygen atoms in total. The first-order chi connectivity index (χ1) is 9.97.